The zero-order chi connectivity index (χ0) is 17.1. The molecule has 1 aromatic carbocycles. The van der Waals surface area contributed by atoms with Crippen molar-refractivity contribution in [1.29, 1.82) is 0 Å². The summed E-state index contributed by atoms with van der Waals surface area (Å²) in [4.78, 5) is 9.94. The molecule has 2 heterocycles. The lowest BCUT2D eigenvalue weighted by molar-refractivity contribution is 0.864. The van der Waals surface area contributed by atoms with Crippen LogP contribution in [0.3, 0.4) is 0 Å². The molecule has 2 aromatic heterocycles. The van der Waals surface area contributed by atoms with Crippen LogP contribution in [0.5, 0.6) is 0 Å². The van der Waals surface area contributed by atoms with Gasteiger partial charge in [-0.3, -0.25) is 9.97 Å². The second kappa shape index (κ2) is 7.29. The Hall–Kier alpha value is -1.96. The Morgan fingerprint density at radius 2 is 1.08 bits per heavy atom. The maximum absolute atomic E-state index is 4.97. The summed E-state index contributed by atoms with van der Waals surface area (Å²) in [6, 6.07) is 9.00. The molecule has 0 N–H and O–H groups in total. The van der Waals surface area contributed by atoms with Crippen molar-refractivity contribution in [3.8, 4) is 0 Å². The van der Waals surface area contributed by atoms with Gasteiger partial charge in [-0.15, -0.1) is 0 Å². The van der Waals surface area contributed by atoms with Crippen LogP contribution in [0.25, 0.3) is 21.8 Å². The van der Waals surface area contributed by atoms with Crippen LogP contribution in [0, 0.1) is 0 Å². The molecule has 3 aromatic rings. The van der Waals surface area contributed by atoms with E-state index in [4.69, 9.17) is 9.97 Å². The SMILES string of the molecule is CCCc1nc2ccc3nc(CCC)c(CC)cc3c2cc1CC. The number of hydrogen-bond donors (Lipinski definition) is 0. The second-order valence-corrected chi connectivity index (χ2v) is 6.59. The Labute approximate surface area is 145 Å². The number of benzene rings is 1. The van der Waals surface area contributed by atoms with Gasteiger partial charge in [0.05, 0.1) is 11.0 Å². The molecule has 0 bridgehead atoms. The normalized spacial score (nSPS) is 11.5. The van der Waals surface area contributed by atoms with E-state index in [9.17, 15) is 0 Å². The van der Waals surface area contributed by atoms with Gasteiger partial charge in [0.2, 0.25) is 0 Å². The Kier molecular flexibility index (Phi) is 5.13. The zero-order valence-electron chi connectivity index (χ0n) is 15.4. The lowest BCUT2D eigenvalue weighted by Crippen LogP contribution is -2.00. The third-order valence-electron chi connectivity index (χ3n) is 4.87. The van der Waals surface area contributed by atoms with Gasteiger partial charge in [-0.05, 0) is 61.1 Å². The predicted octanol–water partition coefficient (Wildman–Crippen LogP) is 5.81. The summed E-state index contributed by atoms with van der Waals surface area (Å²) in [6.45, 7) is 8.89. The fourth-order valence-electron chi connectivity index (χ4n) is 3.58. The fraction of sp³-hybridized carbons (Fsp3) is 0.455. The smallest absolute Gasteiger partial charge is 0.0713 e. The first-order valence-corrected chi connectivity index (χ1v) is 9.45. The van der Waals surface area contributed by atoms with Crippen LogP contribution < -0.4 is 0 Å². The van der Waals surface area contributed by atoms with E-state index in [1.54, 1.807) is 0 Å². The van der Waals surface area contributed by atoms with Gasteiger partial charge in [-0.25, -0.2) is 0 Å². The minimum absolute atomic E-state index is 1.04. The van der Waals surface area contributed by atoms with Crippen molar-refractivity contribution in [2.24, 2.45) is 0 Å². The van der Waals surface area contributed by atoms with E-state index in [0.717, 1.165) is 49.6 Å². The fourth-order valence-corrected chi connectivity index (χ4v) is 3.58. The molecular formula is C22H28N2. The third-order valence-corrected chi connectivity index (χ3v) is 4.87. The summed E-state index contributed by atoms with van der Waals surface area (Å²) >= 11 is 0. The minimum atomic E-state index is 1.04. The number of hydrogen-bond acceptors (Lipinski definition) is 2. The molecule has 0 aliphatic carbocycles. The van der Waals surface area contributed by atoms with Crippen molar-refractivity contribution in [3.05, 3.63) is 46.8 Å². The van der Waals surface area contributed by atoms with E-state index in [0.29, 0.717) is 0 Å². The van der Waals surface area contributed by atoms with Crippen LogP contribution in [0.4, 0.5) is 0 Å². The molecule has 0 aliphatic heterocycles. The number of rotatable bonds is 6. The van der Waals surface area contributed by atoms with Crippen LogP contribution in [0.1, 0.15) is 63.1 Å². The van der Waals surface area contributed by atoms with E-state index in [1.165, 1.54) is 33.3 Å². The molecule has 2 heteroatoms. The van der Waals surface area contributed by atoms with Crippen LogP contribution in [0.2, 0.25) is 0 Å². The van der Waals surface area contributed by atoms with Crippen LogP contribution in [-0.2, 0) is 25.7 Å². The number of aryl methyl sites for hydroxylation is 4. The van der Waals surface area contributed by atoms with Crippen molar-refractivity contribution < 1.29 is 0 Å². The van der Waals surface area contributed by atoms with E-state index in [2.05, 4.69) is 52.0 Å². The molecular weight excluding hydrogens is 292 g/mol. The number of fused-ring (bicyclic) bond motifs is 3. The molecule has 0 unspecified atom stereocenters. The van der Waals surface area contributed by atoms with Crippen molar-refractivity contribution in [1.82, 2.24) is 9.97 Å². The van der Waals surface area contributed by atoms with E-state index < -0.39 is 0 Å². The highest BCUT2D eigenvalue weighted by atomic mass is 14.7. The number of pyridine rings is 2. The zero-order valence-corrected chi connectivity index (χ0v) is 15.4. The van der Waals surface area contributed by atoms with Gasteiger partial charge >= 0.3 is 0 Å². The first-order chi connectivity index (χ1) is 11.7. The lowest BCUT2D eigenvalue weighted by atomic mass is 9.98. The average Bonchev–Trinajstić information content (AvgIpc) is 2.61. The molecule has 0 fully saturated rings. The minimum Gasteiger partial charge on any atom is -0.253 e. The Bertz CT molecular complexity index is 792. The maximum atomic E-state index is 4.97. The second-order valence-electron chi connectivity index (χ2n) is 6.59. The van der Waals surface area contributed by atoms with Crippen molar-refractivity contribution in [3.63, 3.8) is 0 Å². The van der Waals surface area contributed by atoms with Gasteiger partial charge < -0.3 is 0 Å². The van der Waals surface area contributed by atoms with E-state index in [1.807, 2.05) is 0 Å². The van der Waals surface area contributed by atoms with Gasteiger partial charge in [0.1, 0.15) is 0 Å². The Morgan fingerprint density at radius 3 is 1.42 bits per heavy atom. The molecule has 2 nitrogen and oxygen atoms in total. The van der Waals surface area contributed by atoms with Gasteiger partial charge in [0.25, 0.3) is 0 Å². The Balaban J connectivity index is 2.28. The molecule has 3 rings (SSSR count). The van der Waals surface area contributed by atoms with Gasteiger partial charge in [-0.1, -0.05) is 40.5 Å². The topological polar surface area (TPSA) is 25.8 Å². The highest BCUT2D eigenvalue weighted by Gasteiger charge is 2.11. The van der Waals surface area contributed by atoms with Gasteiger partial charge in [0.15, 0.2) is 0 Å². The number of aromatic nitrogens is 2. The van der Waals surface area contributed by atoms with Crippen LogP contribution in [-0.4, -0.2) is 9.97 Å². The molecule has 0 atom stereocenters. The average molecular weight is 320 g/mol. The lowest BCUT2D eigenvalue weighted by Gasteiger charge is -2.13. The summed E-state index contributed by atoms with van der Waals surface area (Å²) in [5.74, 6) is 0. The first-order valence-electron chi connectivity index (χ1n) is 9.45. The van der Waals surface area contributed by atoms with Crippen molar-refractivity contribution in [2.75, 3.05) is 0 Å². The number of nitrogens with zero attached hydrogens (tertiary/aromatic N) is 2. The summed E-state index contributed by atoms with van der Waals surface area (Å²) in [5, 5.41) is 2.52. The highest BCUT2D eigenvalue weighted by Crippen LogP contribution is 2.28. The third kappa shape index (κ3) is 3.02. The predicted molar refractivity (Wildman–Crippen MR) is 104 cm³/mol. The summed E-state index contributed by atoms with van der Waals surface area (Å²) < 4.78 is 0. The summed E-state index contributed by atoms with van der Waals surface area (Å²) in [5.41, 5.74) is 7.50. The molecule has 0 saturated carbocycles. The maximum Gasteiger partial charge on any atom is 0.0713 e. The molecule has 0 amide bonds. The molecule has 0 aliphatic rings. The van der Waals surface area contributed by atoms with E-state index >= 15 is 0 Å². The summed E-state index contributed by atoms with van der Waals surface area (Å²) in [7, 11) is 0. The highest BCUT2D eigenvalue weighted by molar-refractivity contribution is 6.05. The molecule has 126 valence electrons. The van der Waals surface area contributed by atoms with Crippen molar-refractivity contribution >= 4 is 21.8 Å². The van der Waals surface area contributed by atoms with Gasteiger partial charge in [0, 0.05) is 22.2 Å². The van der Waals surface area contributed by atoms with Crippen LogP contribution >= 0.6 is 0 Å². The first kappa shape index (κ1) is 16.9. The molecule has 0 saturated heterocycles. The van der Waals surface area contributed by atoms with E-state index in [-0.39, 0.29) is 0 Å². The van der Waals surface area contributed by atoms with Gasteiger partial charge in [-0.2, -0.15) is 0 Å². The summed E-state index contributed by atoms with van der Waals surface area (Å²) in [6.07, 6.45) is 6.48. The quantitative estimate of drug-likeness (QED) is 0.535. The molecule has 24 heavy (non-hydrogen) atoms. The van der Waals surface area contributed by atoms with Crippen LogP contribution in [0.15, 0.2) is 24.3 Å². The molecule has 0 radical (unpaired) electrons. The standard InChI is InChI=1S/C22H28N2/c1-5-9-19-15(7-3)13-17-18-14-16(8-4)20(10-6-2)24-22(18)12-11-21(17)23-19/h11-14H,5-10H2,1-4H3. The largest absolute Gasteiger partial charge is 0.253 e. The van der Waals surface area contributed by atoms with Crippen molar-refractivity contribution in [2.45, 2.75) is 66.2 Å². The molecule has 0 spiro atoms. The Morgan fingerprint density at radius 1 is 0.667 bits per heavy atom. The monoisotopic (exact) mass is 320 g/mol.